The zero-order chi connectivity index (χ0) is 10.6. The number of carbonyl (C=O) groups is 1. The van der Waals surface area contributed by atoms with Crippen LogP contribution < -0.4 is 0 Å². The molecule has 1 fully saturated rings. The van der Waals surface area contributed by atoms with Gasteiger partial charge in [-0.15, -0.1) is 11.6 Å². The molecule has 0 aromatic rings. The van der Waals surface area contributed by atoms with Crippen molar-refractivity contribution in [2.75, 3.05) is 12.9 Å². The lowest BCUT2D eigenvalue weighted by Crippen LogP contribution is -2.36. The van der Waals surface area contributed by atoms with Gasteiger partial charge in [-0.3, -0.25) is 4.79 Å². The van der Waals surface area contributed by atoms with Crippen molar-refractivity contribution in [3.8, 4) is 0 Å². The van der Waals surface area contributed by atoms with E-state index in [1.165, 1.54) is 25.7 Å². The van der Waals surface area contributed by atoms with E-state index in [-0.39, 0.29) is 11.9 Å². The van der Waals surface area contributed by atoms with Gasteiger partial charge in [-0.05, 0) is 25.7 Å². The van der Waals surface area contributed by atoms with Crippen molar-refractivity contribution in [3.05, 3.63) is 0 Å². The number of nitrogens with zero attached hydrogens (tertiary/aromatic N) is 1. The first-order valence-electron chi connectivity index (χ1n) is 5.46. The lowest BCUT2D eigenvalue weighted by Gasteiger charge is -2.24. The number of halogens is 1. The monoisotopic (exact) mass is 217 g/mol. The molecule has 0 saturated heterocycles. The average Bonchev–Trinajstić information content (AvgIpc) is 2.68. The molecular formula is C11H20ClNO. The third-order valence-corrected chi connectivity index (χ3v) is 3.66. The van der Waals surface area contributed by atoms with Crippen LogP contribution >= 0.6 is 11.6 Å². The summed E-state index contributed by atoms with van der Waals surface area (Å²) in [5.74, 6) is 1.41. The van der Waals surface area contributed by atoms with E-state index in [0.717, 1.165) is 6.42 Å². The molecule has 0 aromatic carbocycles. The highest BCUT2D eigenvalue weighted by Crippen LogP contribution is 2.28. The summed E-state index contributed by atoms with van der Waals surface area (Å²) in [5, 5.41) is 0. The maximum absolute atomic E-state index is 11.8. The molecule has 1 aliphatic rings. The Hall–Kier alpha value is -0.240. The van der Waals surface area contributed by atoms with E-state index >= 15 is 0 Å². The largest absolute Gasteiger partial charge is 0.342 e. The highest BCUT2D eigenvalue weighted by Gasteiger charge is 2.22. The maximum atomic E-state index is 11.8. The van der Waals surface area contributed by atoms with Crippen molar-refractivity contribution >= 4 is 17.5 Å². The van der Waals surface area contributed by atoms with Gasteiger partial charge in [-0.25, -0.2) is 0 Å². The number of hydrogen-bond donors (Lipinski definition) is 0. The van der Waals surface area contributed by atoms with Crippen LogP contribution in [0.2, 0.25) is 0 Å². The molecule has 0 spiro atoms. The van der Waals surface area contributed by atoms with Gasteiger partial charge in [0.05, 0.1) is 0 Å². The highest BCUT2D eigenvalue weighted by molar-refractivity contribution is 6.18. The van der Waals surface area contributed by atoms with Crippen LogP contribution in [0.3, 0.4) is 0 Å². The van der Waals surface area contributed by atoms with E-state index in [1.807, 2.05) is 14.0 Å². The Bertz CT molecular complexity index is 190. The molecule has 0 bridgehead atoms. The Balaban J connectivity index is 2.32. The Labute approximate surface area is 91.6 Å². The molecule has 2 nitrogen and oxygen atoms in total. The van der Waals surface area contributed by atoms with E-state index in [1.54, 1.807) is 4.90 Å². The Morgan fingerprint density at radius 1 is 1.50 bits per heavy atom. The Morgan fingerprint density at radius 2 is 2.07 bits per heavy atom. The first-order chi connectivity index (χ1) is 6.65. The molecule has 1 rings (SSSR count). The van der Waals surface area contributed by atoms with E-state index in [9.17, 15) is 4.79 Å². The minimum Gasteiger partial charge on any atom is -0.342 e. The summed E-state index contributed by atoms with van der Waals surface area (Å²) in [6.45, 7) is 1.99. The lowest BCUT2D eigenvalue weighted by molar-refractivity contribution is -0.132. The summed E-state index contributed by atoms with van der Waals surface area (Å²) in [7, 11) is 1.85. The van der Waals surface area contributed by atoms with Gasteiger partial charge < -0.3 is 4.90 Å². The van der Waals surface area contributed by atoms with Crippen molar-refractivity contribution in [1.29, 1.82) is 0 Å². The molecule has 0 radical (unpaired) electrons. The molecule has 1 aliphatic carbocycles. The van der Waals surface area contributed by atoms with Gasteiger partial charge in [0.2, 0.25) is 5.91 Å². The summed E-state index contributed by atoms with van der Waals surface area (Å²) in [4.78, 5) is 13.5. The summed E-state index contributed by atoms with van der Waals surface area (Å²) in [6, 6.07) is 0.158. The van der Waals surface area contributed by atoms with Crippen LogP contribution in [0.25, 0.3) is 0 Å². The number of amides is 1. The number of alkyl halides is 1. The van der Waals surface area contributed by atoms with Crippen molar-refractivity contribution in [2.45, 2.75) is 45.1 Å². The first-order valence-corrected chi connectivity index (χ1v) is 6.00. The number of hydrogen-bond acceptors (Lipinski definition) is 1. The van der Waals surface area contributed by atoms with Gasteiger partial charge in [-0.1, -0.05) is 12.8 Å². The summed E-state index contributed by atoms with van der Waals surface area (Å²) in [5.41, 5.74) is 0. The van der Waals surface area contributed by atoms with Crippen molar-refractivity contribution in [2.24, 2.45) is 5.92 Å². The van der Waals surface area contributed by atoms with Crippen LogP contribution in [0.4, 0.5) is 0 Å². The molecule has 14 heavy (non-hydrogen) atoms. The zero-order valence-electron chi connectivity index (χ0n) is 9.13. The van der Waals surface area contributed by atoms with Crippen molar-refractivity contribution < 1.29 is 4.79 Å². The average molecular weight is 218 g/mol. The van der Waals surface area contributed by atoms with Crippen molar-refractivity contribution in [3.63, 3.8) is 0 Å². The van der Waals surface area contributed by atoms with Gasteiger partial charge in [0, 0.05) is 25.4 Å². The SMILES string of the molecule is CC(CCl)N(C)C(=O)CC1CCCC1. The molecule has 1 unspecified atom stereocenters. The fourth-order valence-corrected chi connectivity index (χ4v) is 2.16. The van der Waals surface area contributed by atoms with Crippen LogP contribution in [0.5, 0.6) is 0 Å². The minimum atomic E-state index is 0.158. The zero-order valence-corrected chi connectivity index (χ0v) is 9.89. The molecule has 1 atom stereocenters. The maximum Gasteiger partial charge on any atom is 0.222 e. The van der Waals surface area contributed by atoms with Gasteiger partial charge >= 0.3 is 0 Å². The Morgan fingerprint density at radius 3 is 2.57 bits per heavy atom. The van der Waals surface area contributed by atoms with Crippen LogP contribution in [-0.2, 0) is 4.79 Å². The Kier molecular flexibility index (Phi) is 4.73. The molecule has 82 valence electrons. The molecule has 1 saturated carbocycles. The van der Waals surface area contributed by atoms with E-state index in [0.29, 0.717) is 11.8 Å². The molecule has 0 aliphatic heterocycles. The third kappa shape index (κ3) is 3.16. The standard InChI is InChI=1S/C11H20ClNO/c1-9(8-12)13(2)11(14)7-10-5-3-4-6-10/h9-10H,3-8H2,1-2H3. The van der Waals surface area contributed by atoms with Gasteiger partial charge in [0.25, 0.3) is 0 Å². The van der Waals surface area contributed by atoms with E-state index < -0.39 is 0 Å². The molecule has 1 amide bonds. The van der Waals surface area contributed by atoms with Crippen LogP contribution in [-0.4, -0.2) is 29.8 Å². The second-order valence-corrected chi connectivity index (χ2v) is 4.67. The third-order valence-electron chi connectivity index (χ3n) is 3.22. The van der Waals surface area contributed by atoms with Crippen molar-refractivity contribution in [1.82, 2.24) is 4.90 Å². The minimum absolute atomic E-state index is 0.158. The molecule has 3 heteroatoms. The fraction of sp³-hybridized carbons (Fsp3) is 0.909. The number of carbonyl (C=O) groups excluding carboxylic acids is 1. The van der Waals surface area contributed by atoms with Gasteiger partial charge in [0.15, 0.2) is 0 Å². The van der Waals surface area contributed by atoms with Gasteiger partial charge in [0.1, 0.15) is 0 Å². The smallest absolute Gasteiger partial charge is 0.222 e. The molecule has 0 heterocycles. The molecular weight excluding hydrogens is 198 g/mol. The predicted molar refractivity (Wildman–Crippen MR) is 59.5 cm³/mol. The van der Waals surface area contributed by atoms with Crippen LogP contribution in [0, 0.1) is 5.92 Å². The highest BCUT2D eigenvalue weighted by atomic mass is 35.5. The lowest BCUT2D eigenvalue weighted by atomic mass is 10.0. The second-order valence-electron chi connectivity index (χ2n) is 4.36. The topological polar surface area (TPSA) is 20.3 Å². The summed E-state index contributed by atoms with van der Waals surface area (Å²) < 4.78 is 0. The predicted octanol–water partition coefficient (Wildman–Crippen LogP) is 2.65. The van der Waals surface area contributed by atoms with Crippen LogP contribution in [0.15, 0.2) is 0 Å². The van der Waals surface area contributed by atoms with Crippen LogP contribution in [0.1, 0.15) is 39.0 Å². The molecule has 0 N–H and O–H groups in total. The fourth-order valence-electron chi connectivity index (χ4n) is 1.95. The first kappa shape index (κ1) is 11.8. The number of rotatable bonds is 4. The summed E-state index contributed by atoms with van der Waals surface area (Å²) in [6.07, 6.45) is 5.78. The van der Waals surface area contributed by atoms with E-state index in [4.69, 9.17) is 11.6 Å². The van der Waals surface area contributed by atoms with E-state index in [2.05, 4.69) is 0 Å². The second kappa shape index (κ2) is 5.59. The van der Waals surface area contributed by atoms with Gasteiger partial charge in [-0.2, -0.15) is 0 Å². The molecule has 0 aromatic heterocycles. The summed E-state index contributed by atoms with van der Waals surface area (Å²) >= 11 is 5.71. The quantitative estimate of drug-likeness (QED) is 0.663. The normalized spacial score (nSPS) is 19.6.